The van der Waals surface area contributed by atoms with Crippen molar-refractivity contribution in [2.75, 3.05) is 33.4 Å². The number of ether oxygens (including phenoxy) is 2. The number of aromatic nitrogens is 1. The Kier molecular flexibility index (Phi) is 4.16. The van der Waals surface area contributed by atoms with Crippen LogP contribution < -0.4 is 10.1 Å². The number of hydrogen-bond donors (Lipinski definition) is 2. The lowest BCUT2D eigenvalue weighted by Gasteiger charge is -2.27. The third-order valence-electron chi connectivity index (χ3n) is 5.05. The van der Waals surface area contributed by atoms with Crippen LogP contribution in [0.3, 0.4) is 0 Å². The average molecular weight is 329 g/mol. The number of aromatic amines is 1. The summed E-state index contributed by atoms with van der Waals surface area (Å²) >= 11 is 0. The Morgan fingerprint density at radius 3 is 2.92 bits per heavy atom. The monoisotopic (exact) mass is 329 g/mol. The van der Waals surface area contributed by atoms with Gasteiger partial charge < -0.3 is 19.8 Å². The number of H-pyrrole nitrogens is 1. The van der Waals surface area contributed by atoms with E-state index in [-0.39, 0.29) is 11.9 Å². The van der Waals surface area contributed by atoms with Gasteiger partial charge in [-0.3, -0.25) is 9.69 Å². The summed E-state index contributed by atoms with van der Waals surface area (Å²) in [7, 11) is 1.64. The molecule has 2 aliphatic heterocycles. The maximum Gasteiger partial charge on any atom is 0.268 e. The highest BCUT2D eigenvalue weighted by molar-refractivity contribution is 5.98. The van der Waals surface area contributed by atoms with E-state index >= 15 is 0 Å². The quantitative estimate of drug-likeness (QED) is 0.897. The number of benzene rings is 1. The van der Waals surface area contributed by atoms with Gasteiger partial charge in [0, 0.05) is 10.9 Å². The first-order valence-corrected chi connectivity index (χ1v) is 8.54. The fourth-order valence-corrected chi connectivity index (χ4v) is 3.72. The molecule has 0 spiro atoms. The Hall–Kier alpha value is -2.05. The number of nitrogens with one attached hydrogen (secondary N) is 2. The molecule has 0 unspecified atom stereocenters. The first-order valence-electron chi connectivity index (χ1n) is 8.54. The zero-order valence-electron chi connectivity index (χ0n) is 13.9. The van der Waals surface area contributed by atoms with Crippen molar-refractivity contribution in [3.8, 4) is 5.75 Å². The van der Waals surface area contributed by atoms with Crippen molar-refractivity contribution in [2.24, 2.45) is 0 Å². The minimum atomic E-state index is -0.0788. The molecule has 1 aromatic carbocycles. The summed E-state index contributed by atoms with van der Waals surface area (Å²) in [6.07, 6.45) is 2.47. The molecule has 0 aliphatic carbocycles. The fourth-order valence-electron chi connectivity index (χ4n) is 3.72. The van der Waals surface area contributed by atoms with Crippen LogP contribution in [0.15, 0.2) is 24.3 Å². The van der Waals surface area contributed by atoms with Gasteiger partial charge in [-0.25, -0.2) is 0 Å². The predicted molar refractivity (Wildman–Crippen MR) is 91.5 cm³/mol. The van der Waals surface area contributed by atoms with Gasteiger partial charge >= 0.3 is 0 Å². The summed E-state index contributed by atoms with van der Waals surface area (Å²) in [6.45, 7) is 3.50. The fraction of sp³-hybridized carbons (Fsp3) is 0.500. The van der Waals surface area contributed by atoms with Crippen LogP contribution in [0, 0.1) is 0 Å². The molecule has 2 atom stereocenters. The highest BCUT2D eigenvalue weighted by atomic mass is 16.5. The molecule has 1 aromatic heterocycles. The lowest BCUT2D eigenvalue weighted by Crippen LogP contribution is -2.50. The smallest absolute Gasteiger partial charge is 0.268 e. The molecule has 3 heterocycles. The van der Waals surface area contributed by atoms with Gasteiger partial charge in [-0.1, -0.05) is 0 Å². The molecule has 6 nitrogen and oxygen atoms in total. The van der Waals surface area contributed by atoms with Crippen LogP contribution in [0.2, 0.25) is 0 Å². The molecular formula is C18H23N3O3. The van der Waals surface area contributed by atoms with Gasteiger partial charge in [-0.15, -0.1) is 0 Å². The van der Waals surface area contributed by atoms with Crippen LogP contribution in [-0.4, -0.2) is 61.3 Å². The van der Waals surface area contributed by atoms with Crippen molar-refractivity contribution in [2.45, 2.75) is 24.9 Å². The summed E-state index contributed by atoms with van der Waals surface area (Å²) in [6, 6.07) is 7.95. The van der Waals surface area contributed by atoms with Crippen LogP contribution in [0.4, 0.5) is 0 Å². The van der Waals surface area contributed by atoms with Crippen LogP contribution >= 0.6 is 0 Å². The molecule has 2 aliphatic rings. The van der Waals surface area contributed by atoms with Crippen molar-refractivity contribution in [3.05, 3.63) is 30.0 Å². The maximum atomic E-state index is 12.6. The van der Waals surface area contributed by atoms with Crippen molar-refractivity contribution in [1.29, 1.82) is 0 Å². The molecule has 24 heavy (non-hydrogen) atoms. The standard InChI is InChI=1S/C18H23N3O3/c1-23-13-4-5-14-12(8-13)9-15(19-14)18(22)20-16-10-24-11-17(16)21-6-2-3-7-21/h4-5,8-9,16-17,19H,2-3,6-7,10-11H2,1H3,(H,20,22)/t16-,17-/m0/s1. The minimum absolute atomic E-state index is 0.0524. The molecular weight excluding hydrogens is 306 g/mol. The Bertz CT molecular complexity index is 736. The number of likely N-dealkylation sites (tertiary alicyclic amines) is 1. The van der Waals surface area contributed by atoms with Gasteiger partial charge in [-0.2, -0.15) is 0 Å². The second-order valence-corrected chi connectivity index (χ2v) is 6.56. The zero-order chi connectivity index (χ0) is 16.5. The number of rotatable bonds is 4. The minimum Gasteiger partial charge on any atom is -0.497 e. The van der Waals surface area contributed by atoms with Crippen LogP contribution in [0.1, 0.15) is 23.3 Å². The summed E-state index contributed by atoms with van der Waals surface area (Å²) < 4.78 is 10.9. The molecule has 6 heteroatoms. The summed E-state index contributed by atoms with van der Waals surface area (Å²) in [4.78, 5) is 18.3. The van der Waals surface area contributed by atoms with Gasteiger partial charge in [-0.05, 0) is 50.2 Å². The topological polar surface area (TPSA) is 66.6 Å². The van der Waals surface area contributed by atoms with Crippen LogP contribution in [0.5, 0.6) is 5.75 Å². The molecule has 1 amide bonds. The SMILES string of the molecule is COc1ccc2[nH]c(C(=O)N[C@H]3COC[C@@H]3N3CCCC3)cc2c1. The third-order valence-corrected chi connectivity index (χ3v) is 5.05. The van der Waals surface area contributed by atoms with Crippen molar-refractivity contribution in [3.63, 3.8) is 0 Å². The second kappa shape index (κ2) is 6.45. The van der Waals surface area contributed by atoms with E-state index in [4.69, 9.17) is 9.47 Å². The van der Waals surface area contributed by atoms with Gasteiger partial charge in [0.05, 0.1) is 32.4 Å². The number of amides is 1. The molecule has 4 rings (SSSR count). The largest absolute Gasteiger partial charge is 0.497 e. The van der Waals surface area contributed by atoms with Crippen LogP contribution in [0.25, 0.3) is 10.9 Å². The number of nitrogens with zero attached hydrogens (tertiary/aromatic N) is 1. The lowest BCUT2D eigenvalue weighted by atomic mass is 10.1. The third kappa shape index (κ3) is 2.87. The van der Waals surface area contributed by atoms with E-state index < -0.39 is 0 Å². The molecule has 2 N–H and O–H groups in total. The first-order chi connectivity index (χ1) is 11.7. The molecule has 2 saturated heterocycles. The summed E-state index contributed by atoms with van der Waals surface area (Å²) in [5.74, 6) is 0.705. The summed E-state index contributed by atoms with van der Waals surface area (Å²) in [5, 5.41) is 4.11. The van der Waals surface area contributed by atoms with Crippen molar-refractivity contribution >= 4 is 16.8 Å². The molecule has 2 fully saturated rings. The number of methoxy groups -OCH3 is 1. The van der Waals surface area contributed by atoms with Crippen molar-refractivity contribution in [1.82, 2.24) is 15.2 Å². The van der Waals surface area contributed by atoms with Crippen molar-refractivity contribution < 1.29 is 14.3 Å². The highest BCUT2D eigenvalue weighted by Gasteiger charge is 2.35. The normalized spacial score (nSPS) is 24.5. The highest BCUT2D eigenvalue weighted by Crippen LogP contribution is 2.22. The summed E-state index contributed by atoms with van der Waals surface area (Å²) in [5.41, 5.74) is 1.50. The van der Waals surface area contributed by atoms with Gasteiger partial charge in [0.25, 0.3) is 5.91 Å². The Morgan fingerprint density at radius 1 is 1.29 bits per heavy atom. The van der Waals surface area contributed by atoms with Gasteiger partial charge in [0.15, 0.2) is 0 Å². The number of fused-ring (bicyclic) bond motifs is 1. The maximum absolute atomic E-state index is 12.6. The van der Waals surface area contributed by atoms with E-state index in [1.807, 2.05) is 24.3 Å². The van der Waals surface area contributed by atoms with E-state index in [1.165, 1.54) is 12.8 Å². The molecule has 0 saturated carbocycles. The zero-order valence-corrected chi connectivity index (χ0v) is 13.9. The molecule has 0 bridgehead atoms. The van der Waals surface area contributed by atoms with E-state index in [0.717, 1.165) is 29.7 Å². The predicted octanol–water partition coefficient (Wildman–Crippen LogP) is 1.77. The molecule has 2 aromatic rings. The first kappa shape index (κ1) is 15.5. The lowest BCUT2D eigenvalue weighted by molar-refractivity contribution is 0.0912. The number of carbonyl (C=O) groups is 1. The Morgan fingerprint density at radius 2 is 2.12 bits per heavy atom. The van der Waals surface area contributed by atoms with E-state index in [1.54, 1.807) is 7.11 Å². The van der Waals surface area contributed by atoms with E-state index in [0.29, 0.717) is 24.9 Å². The average Bonchev–Trinajstić information content (AvgIpc) is 3.33. The molecule has 0 radical (unpaired) electrons. The number of carbonyl (C=O) groups excluding carboxylic acids is 1. The van der Waals surface area contributed by atoms with E-state index in [2.05, 4.69) is 15.2 Å². The van der Waals surface area contributed by atoms with Gasteiger partial charge in [0.2, 0.25) is 0 Å². The number of hydrogen-bond acceptors (Lipinski definition) is 4. The van der Waals surface area contributed by atoms with E-state index in [9.17, 15) is 4.79 Å². The Balaban J connectivity index is 1.49. The van der Waals surface area contributed by atoms with Crippen LogP contribution in [-0.2, 0) is 4.74 Å². The second-order valence-electron chi connectivity index (χ2n) is 6.56. The molecule has 128 valence electrons. The van der Waals surface area contributed by atoms with Gasteiger partial charge in [0.1, 0.15) is 11.4 Å². The Labute approximate surface area is 141 Å².